The minimum Gasteiger partial charge on any atom is -0.453 e. The van der Waals surface area contributed by atoms with Crippen LogP contribution >= 0.6 is 11.8 Å². The van der Waals surface area contributed by atoms with Gasteiger partial charge in [0, 0.05) is 32.7 Å². The summed E-state index contributed by atoms with van der Waals surface area (Å²) in [5.41, 5.74) is 2.06. The molecule has 3 nitrogen and oxygen atoms in total. The van der Waals surface area contributed by atoms with Crippen molar-refractivity contribution in [1.82, 2.24) is 0 Å². The average molecular weight is 400 g/mol. The molecule has 3 aromatic carbocycles. The summed E-state index contributed by atoms with van der Waals surface area (Å²) in [5.74, 6) is 0.396. The maximum absolute atomic E-state index is 12.7. The van der Waals surface area contributed by atoms with Crippen LogP contribution in [0.3, 0.4) is 0 Å². The fourth-order valence-electron chi connectivity index (χ4n) is 3.13. The molecule has 0 atom stereocenters. The molecule has 4 rings (SSSR count). The number of fused-ring (bicyclic) bond motifs is 1. The number of carbonyl (C=O) groups excluding carboxylic acids is 2. The molecule has 0 spiro atoms. The summed E-state index contributed by atoms with van der Waals surface area (Å²) < 4.78 is 5.68. The first-order valence-electron chi connectivity index (χ1n) is 9.58. The van der Waals surface area contributed by atoms with Crippen molar-refractivity contribution in [3.8, 4) is 0 Å². The van der Waals surface area contributed by atoms with Crippen LogP contribution in [-0.4, -0.2) is 11.6 Å². The molecule has 0 aliphatic heterocycles. The van der Waals surface area contributed by atoms with Crippen molar-refractivity contribution in [2.45, 2.75) is 29.6 Å². The molecule has 29 heavy (non-hydrogen) atoms. The molecular formula is C25H20O3S. The molecule has 0 amide bonds. The van der Waals surface area contributed by atoms with Gasteiger partial charge in [0.25, 0.3) is 0 Å². The zero-order valence-electron chi connectivity index (χ0n) is 16.1. The molecule has 144 valence electrons. The number of furan rings is 1. The number of ketones is 2. The third-order valence-electron chi connectivity index (χ3n) is 4.65. The van der Waals surface area contributed by atoms with Crippen molar-refractivity contribution in [3.05, 3.63) is 95.7 Å². The van der Waals surface area contributed by atoms with Crippen LogP contribution < -0.4 is 0 Å². The molecule has 4 aromatic rings. The van der Waals surface area contributed by atoms with E-state index in [9.17, 15) is 9.59 Å². The van der Waals surface area contributed by atoms with Crippen LogP contribution in [0.1, 0.15) is 46.2 Å². The Bertz CT molecular complexity index is 1120. The number of carbonyl (C=O) groups is 2. The summed E-state index contributed by atoms with van der Waals surface area (Å²) in [6, 6.07) is 24.5. The first-order valence-corrected chi connectivity index (χ1v) is 10.4. The lowest BCUT2D eigenvalue weighted by molar-refractivity contribution is 0.0980. The van der Waals surface area contributed by atoms with Gasteiger partial charge in [-0.3, -0.25) is 9.59 Å². The Kier molecular flexibility index (Phi) is 5.63. The highest BCUT2D eigenvalue weighted by Gasteiger charge is 2.14. The Morgan fingerprint density at radius 2 is 1.45 bits per heavy atom. The van der Waals surface area contributed by atoms with E-state index in [4.69, 9.17) is 4.42 Å². The number of Topliss-reactive ketones (excluding diaryl/α,β-unsaturated/α-hetero) is 1. The summed E-state index contributed by atoms with van der Waals surface area (Å²) in [7, 11) is 0. The van der Waals surface area contributed by atoms with Crippen LogP contribution in [0.4, 0.5) is 0 Å². The lowest BCUT2D eigenvalue weighted by Gasteiger charge is -2.05. The quantitative estimate of drug-likeness (QED) is 0.320. The molecular weight excluding hydrogens is 380 g/mol. The van der Waals surface area contributed by atoms with Crippen molar-refractivity contribution in [3.63, 3.8) is 0 Å². The molecule has 1 aromatic heterocycles. The molecule has 0 fully saturated rings. The maximum Gasteiger partial charge on any atom is 0.228 e. The minimum atomic E-state index is -0.128. The van der Waals surface area contributed by atoms with Gasteiger partial charge in [-0.25, -0.2) is 0 Å². The molecule has 0 aliphatic carbocycles. The van der Waals surface area contributed by atoms with Crippen molar-refractivity contribution in [2.24, 2.45) is 0 Å². The standard InChI is InChI=1S/C25H20O3S/c1-2-5-22(26)17-8-12-20(13-9-17)29-21-14-10-18(11-15-21)25(27)24-16-19-6-3-4-7-23(19)28-24/h3-4,6-16H,2,5H2,1H3. The van der Waals surface area contributed by atoms with Crippen LogP contribution in [-0.2, 0) is 0 Å². The fourth-order valence-corrected chi connectivity index (χ4v) is 3.94. The first-order chi connectivity index (χ1) is 14.1. The van der Waals surface area contributed by atoms with Crippen molar-refractivity contribution in [1.29, 1.82) is 0 Å². The van der Waals surface area contributed by atoms with E-state index < -0.39 is 0 Å². The molecule has 0 unspecified atom stereocenters. The normalized spacial score (nSPS) is 10.9. The van der Waals surface area contributed by atoms with Gasteiger partial charge in [-0.1, -0.05) is 49.0 Å². The lowest BCUT2D eigenvalue weighted by Crippen LogP contribution is -1.99. The molecule has 0 radical (unpaired) electrons. The van der Waals surface area contributed by atoms with Gasteiger partial charge in [0.15, 0.2) is 11.5 Å². The molecule has 0 saturated heterocycles. The summed E-state index contributed by atoms with van der Waals surface area (Å²) in [6.45, 7) is 2.00. The largest absolute Gasteiger partial charge is 0.453 e. The molecule has 0 saturated carbocycles. The Labute approximate surface area is 173 Å². The van der Waals surface area contributed by atoms with E-state index >= 15 is 0 Å². The zero-order chi connectivity index (χ0) is 20.2. The maximum atomic E-state index is 12.7. The highest BCUT2D eigenvalue weighted by atomic mass is 32.2. The van der Waals surface area contributed by atoms with Gasteiger partial charge in [0.2, 0.25) is 5.78 Å². The van der Waals surface area contributed by atoms with E-state index in [2.05, 4.69) is 0 Å². The van der Waals surface area contributed by atoms with Gasteiger partial charge in [0.05, 0.1) is 0 Å². The second kappa shape index (κ2) is 8.50. The lowest BCUT2D eigenvalue weighted by atomic mass is 10.1. The molecule has 4 heteroatoms. The third kappa shape index (κ3) is 4.33. The monoisotopic (exact) mass is 400 g/mol. The van der Waals surface area contributed by atoms with Crippen LogP contribution in [0.15, 0.2) is 93.1 Å². The van der Waals surface area contributed by atoms with Crippen molar-refractivity contribution in [2.75, 3.05) is 0 Å². The van der Waals surface area contributed by atoms with E-state index in [-0.39, 0.29) is 11.6 Å². The average Bonchev–Trinajstić information content (AvgIpc) is 3.19. The van der Waals surface area contributed by atoms with Gasteiger partial charge in [-0.05, 0) is 55.0 Å². The van der Waals surface area contributed by atoms with Crippen molar-refractivity contribution >= 4 is 34.3 Å². The predicted molar refractivity (Wildman–Crippen MR) is 116 cm³/mol. The van der Waals surface area contributed by atoms with Crippen LogP contribution in [0.25, 0.3) is 11.0 Å². The van der Waals surface area contributed by atoms with Gasteiger partial charge >= 0.3 is 0 Å². The van der Waals surface area contributed by atoms with Gasteiger partial charge in [0.1, 0.15) is 5.58 Å². The van der Waals surface area contributed by atoms with Gasteiger partial charge in [-0.15, -0.1) is 0 Å². The second-order valence-corrected chi connectivity index (χ2v) is 7.95. The summed E-state index contributed by atoms with van der Waals surface area (Å²) >= 11 is 1.60. The third-order valence-corrected chi connectivity index (χ3v) is 5.67. The number of para-hydroxylation sites is 1. The van der Waals surface area contributed by atoms with Crippen LogP contribution in [0.2, 0.25) is 0 Å². The predicted octanol–water partition coefficient (Wildman–Crippen LogP) is 6.80. The Hall–Kier alpha value is -3.11. The highest BCUT2D eigenvalue weighted by molar-refractivity contribution is 7.99. The summed E-state index contributed by atoms with van der Waals surface area (Å²) in [5, 5.41) is 0.920. The summed E-state index contributed by atoms with van der Waals surface area (Å²) in [6.07, 6.45) is 1.43. The fraction of sp³-hybridized carbons (Fsp3) is 0.120. The SMILES string of the molecule is CCCC(=O)c1ccc(Sc2ccc(C(=O)c3cc4ccccc4o3)cc2)cc1. The zero-order valence-corrected chi connectivity index (χ0v) is 16.9. The Morgan fingerprint density at radius 3 is 2.07 bits per heavy atom. The number of rotatable bonds is 7. The van der Waals surface area contributed by atoms with Gasteiger partial charge in [-0.2, -0.15) is 0 Å². The number of benzene rings is 3. The molecule has 0 aliphatic rings. The molecule has 0 bridgehead atoms. The van der Waals surface area contributed by atoms with Gasteiger partial charge < -0.3 is 4.42 Å². The Morgan fingerprint density at radius 1 is 0.828 bits per heavy atom. The molecule has 0 N–H and O–H groups in total. The van der Waals surface area contributed by atoms with E-state index in [0.717, 1.165) is 27.2 Å². The van der Waals surface area contributed by atoms with Crippen molar-refractivity contribution < 1.29 is 14.0 Å². The smallest absolute Gasteiger partial charge is 0.228 e. The second-order valence-electron chi connectivity index (χ2n) is 6.80. The highest BCUT2D eigenvalue weighted by Crippen LogP contribution is 2.29. The number of hydrogen-bond acceptors (Lipinski definition) is 4. The van der Waals surface area contributed by atoms with Crippen LogP contribution in [0, 0.1) is 0 Å². The van der Waals surface area contributed by atoms with E-state index in [1.807, 2.05) is 79.7 Å². The first kappa shape index (κ1) is 19.2. The topological polar surface area (TPSA) is 47.3 Å². The van der Waals surface area contributed by atoms with E-state index in [1.165, 1.54) is 0 Å². The number of hydrogen-bond donors (Lipinski definition) is 0. The minimum absolute atomic E-state index is 0.128. The van der Waals surface area contributed by atoms with E-state index in [0.29, 0.717) is 23.3 Å². The van der Waals surface area contributed by atoms with E-state index in [1.54, 1.807) is 17.8 Å². The van der Waals surface area contributed by atoms with Crippen LogP contribution in [0.5, 0.6) is 0 Å². The Balaban J connectivity index is 1.46. The molecule has 1 heterocycles. The summed E-state index contributed by atoms with van der Waals surface area (Å²) in [4.78, 5) is 26.7.